The number of nitrogens with one attached hydrogen (secondary N) is 2. The first-order valence-corrected chi connectivity index (χ1v) is 12.4. The van der Waals surface area contributed by atoms with Gasteiger partial charge in [0.2, 0.25) is 11.7 Å². The number of aromatic nitrogens is 2. The molecule has 2 N–H and O–H groups in total. The maximum absolute atomic E-state index is 13.4. The molecule has 0 spiro atoms. The van der Waals surface area contributed by atoms with Crippen molar-refractivity contribution in [2.45, 2.75) is 96.8 Å². The third kappa shape index (κ3) is 10.2. The predicted octanol–water partition coefficient (Wildman–Crippen LogP) is 6.08. The van der Waals surface area contributed by atoms with Crippen LogP contribution in [0.4, 0.5) is 10.1 Å². The lowest BCUT2D eigenvalue weighted by atomic mass is 10.0. The van der Waals surface area contributed by atoms with Gasteiger partial charge in [0.05, 0.1) is 11.9 Å². The average Bonchev–Trinajstić information content (AvgIpc) is 2.80. The molecule has 182 valence electrons. The summed E-state index contributed by atoms with van der Waals surface area (Å²) in [5, 5.41) is 2.84. The number of unbranched alkanes of at least 4 members (excludes halogenated alkanes) is 12. The molecule has 6 nitrogen and oxygen atoms in total. The van der Waals surface area contributed by atoms with E-state index in [2.05, 4.69) is 12.2 Å². The third-order valence-corrected chi connectivity index (χ3v) is 5.84. The van der Waals surface area contributed by atoms with E-state index < -0.39 is 17.1 Å². The van der Waals surface area contributed by atoms with E-state index in [0.29, 0.717) is 17.8 Å². The van der Waals surface area contributed by atoms with Crippen LogP contribution < -0.4 is 16.6 Å². The fraction of sp³-hybridized carbons (Fsp3) is 0.577. The summed E-state index contributed by atoms with van der Waals surface area (Å²) < 4.78 is 14.5. The average molecular weight is 460 g/mol. The fourth-order valence-electron chi connectivity index (χ4n) is 3.87. The number of hydrogen-bond donors (Lipinski definition) is 2. The number of nitrogens with zero attached hydrogens (tertiary/aromatic N) is 1. The first-order chi connectivity index (χ1) is 16.0. The van der Waals surface area contributed by atoms with Crippen LogP contribution in [0, 0.1) is 5.82 Å². The quantitative estimate of drug-likeness (QED) is 0.298. The van der Waals surface area contributed by atoms with Gasteiger partial charge in [-0.05, 0) is 30.7 Å². The highest BCUT2D eigenvalue weighted by atomic mass is 19.1. The Balaban J connectivity index is 1.57. The first-order valence-electron chi connectivity index (χ1n) is 12.4. The van der Waals surface area contributed by atoms with E-state index in [0.717, 1.165) is 23.6 Å². The number of carbonyl (C=O) groups is 1. The lowest BCUT2D eigenvalue weighted by Gasteiger charge is -2.08. The minimum atomic E-state index is -1.05. The third-order valence-electron chi connectivity index (χ3n) is 5.84. The summed E-state index contributed by atoms with van der Waals surface area (Å²) in [6.45, 7) is 2.25. The van der Waals surface area contributed by atoms with Gasteiger partial charge in [0.15, 0.2) is 0 Å². The van der Waals surface area contributed by atoms with Gasteiger partial charge in [0.25, 0.3) is 5.56 Å². The van der Waals surface area contributed by atoms with Crippen molar-refractivity contribution in [2.24, 2.45) is 0 Å². The summed E-state index contributed by atoms with van der Waals surface area (Å²) in [4.78, 5) is 37.0. The number of halogens is 1. The van der Waals surface area contributed by atoms with E-state index in [1.54, 1.807) is 24.3 Å². The van der Waals surface area contributed by atoms with E-state index in [1.165, 1.54) is 70.6 Å². The van der Waals surface area contributed by atoms with E-state index in [-0.39, 0.29) is 5.91 Å². The Kier molecular flexibility index (Phi) is 12.2. The molecule has 0 saturated carbocycles. The van der Waals surface area contributed by atoms with Gasteiger partial charge in [0, 0.05) is 12.1 Å². The van der Waals surface area contributed by atoms with Crippen molar-refractivity contribution in [3.8, 4) is 5.69 Å². The molecule has 0 aliphatic heterocycles. The van der Waals surface area contributed by atoms with Gasteiger partial charge in [-0.2, -0.15) is 4.39 Å². The Morgan fingerprint density at radius 2 is 1.36 bits per heavy atom. The molecule has 0 radical (unpaired) electrons. The van der Waals surface area contributed by atoms with Gasteiger partial charge in [-0.25, -0.2) is 4.79 Å². The van der Waals surface area contributed by atoms with Crippen LogP contribution in [0.25, 0.3) is 5.69 Å². The molecule has 2 rings (SSSR count). The maximum atomic E-state index is 13.4. The number of benzene rings is 1. The summed E-state index contributed by atoms with van der Waals surface area (Å²) in [5.41, 5.74) is -0.769. The molecule has 0 fully saturated rings. The Bertz CT molecular complexity index is 950. The van der Waals surface area contributed by atoms with Crippen LogP contribution in [-0.2, 0) is 4.79 Å². The molecule has 0 atom stereocenters. The monoisotopic (exact) mass is 459 g/mol. The Morgan fingerprint density at radius 3 is 1.91 bits per heavy atom. The zero-order valence-corrected chi connectivity index (χ0v) is 19.8. The van der Waals surface area contributed by atoms with Gasteiger partial charge in [-0.15, -0.1) is 0 Å². The number of anilines is 1. The van der Waals surface area contributed by atoms with Crippen LogP contribution in [-0.4, -0.2) is 15.5 Å². The van der Waals surface area contributed by atoms with Crippen molar-refractivity contribution in [1.29, 1.82) is 0 Å². The Morgan fingerprint density at radius 1 is 0.848 bits per heavy atom. The van der Waals surface area contributed by atoms with Crippen molar-refractivity contribution in [3.63, 3.8) is 0 Å². The summed E-state index contributed by atoms with van der Waals surface area (Å²) in [6.07, 6.45) is 17.8. The summed E-state index contributed by atoms with van der Waals surface area (Å²) >= 11 is 0. The molecular weight excluding hydrogens is 421 g/mol. The van der Waals surface area contributed by atoms with Crippen LogP contribution in [0.5, 0.6) is 0 Å². The molecule has 2 aromatic rings. The summed E-state index contributed by atoms with van der Waals surface area (Å²) in [7, 11) is 0. The number of hydrogen-bond acceptors (Lipinski definition) is 3. The number of rotatable bonds is 16. The minimum absolute atomic E-state index is 0.0434. The minimum Gasteiger partial charge on any atom is -0.326 e. The molecule has 1 heterocycles. The molecule has 0 bridgehead atoms. The molecule has 1 amide bonds. The van der Waals surface area contributed by atoms with E-state index in [1.807, 2.05) is 4.98 Å². The Labute approximate surface area is 195 Å². The molecule has 0 aliphatic carbocycles. The standard InChI is InChI=1S/C26H38FN3O3/c1-2-3-4-5-6-7-8-9-10-11-12-13-14-15-24(31)28-21-16-18-22(19-17-21)30-20-23(27)25(32)29-26(30)33/h16-20H,2-15H2,1H3,(H,28,31)(H,29,32,33). The zero-order chi connectivity index (χ0) is 23.9. The van der Waals surface area contributed by atoms with E-state index >= 15 is 0 Å². The smallest absolute Gasteiger partial charge is 0.326 e. The van der Waals surface area contributed by atoms with Crippen LogP contribution in [0.15, 0.2) is 40.1 Å². The molecule has 0 aliphatic rings. The lowest BCUT2D eigenvalue weighted by molar-refractivity contribution is -0.116. The highest BCUT2D eigenvalue weighted by Gasteiger charge is 2.07. The highest BCUT2D eigenvalue weighted by Crippen LogP contribution is 2.15. The summed E-state index contributed by atoms with van der Waals surface area (Å²) in [6, 6.07) is 6.46. The van der Waals surface area contributed by atoms with Gasteiger partial charge >= 0.3 is 5.69 Å². The number of H-pyrrole nitrogens is 1. The van der Waals surface area contributed by atoms with Crippen molar-refractivity contribution in [3.05, 3.63) is 57.1 Å². The SMILES string of the molecule is CCCCCCCCCCCCCCCC(=O)Nc1ccc(-n2cc(F)c(=O)[nH]c2=O)cc1. The van der Waals surface area contributed by atoms with Crippen LogP contribution >= 0.6 is 0 Å². The molecule has 7 heteroatoms. The zero-order valence-electron chi connectivity index (χ0n) is 19.8. The summed E-state index contributed by atoms with van der Waals surface area (Å²) in [5.74, 6) is -1.08. The molecular formula is C26H38FN3O3. The molecule has 1 aromatic carbocycles. The van der Waals surface area contributed by atoms with Crippen LogP contribution in [0.1, 0.15) is 96.8 Å². The van der Waals surface area contributed by atoms with Gasteiger partial charge in [0.1, 0.15) is 0 Å². The molecule has 0 unspecified atom stereocenters. The topological polar surface area (TPSA) is 84.0 Å². The van der Waals surface area contributed by atoms with Crippen LogP contribution in [0.2, 0.25) is 0 Å². The van der Waals surface area contributed by atoms with Gasteiger partial charge in [-0.1, -0.05) is 84.0 Å². The first kappa shape index (κ1) is 26.6. The van der Waals surface area contributed by atoms with Gasteiger partial charge in [-0.3, -0.25) is 19.1 Å². The largest absolute Gasteiger partial charge is 0.333 e. The van der Waals surface area contributed by atoms with E-state index in [4.69, 9.17) is 0 Å². The fourth-order valence-corrected chi connectivity index (χ4v) is 3.87. The van der Waals surface area contributed by atoms with Crippen molar-refractivity contribution in [2.75, 3.05) is 5.32 Å². The van der Waals surface area contributed by atoms with Gasteiger partial charge < -0.3 is 5.32 Å². The van der Waals surface area contributed by atoms with E-state index in [9.17, 15) is 18.8 Å². The normalized spacial score (nSPS) is 11.0. The number of aromatic amines is 1. The number of carbonyl (C=O) groups excluding carboxylic acids is 1. The highest BCUT2D eigenvalue weighted by molar-refractivity contribution is 5.90. The maximum Gasteiger partial charge on any atom is 0.333 e. The van der Waals surface area contributed by atoms with Crippen molar-refractivity contribution >= 4 is 11.6 Å². The number of amides is 1. The predicted molar refractivity (Wildman–Crippen MR) is 132 cm³/mol. The second kappa shape index (κ2) is 15.2. The Hall–Kier alpha value is -2.70. The van der Waals surface area contributed by atoms with Crippen molar-refractivity contribution < 1.29 is 9.18 Å². The molecule has 1 aromatic heterocycles. The van der Waals surface area contributed by atoms with Crippen LogP contribution in [0.3, 0.4) is 0 Å². The van der Waals surface area contributed by atoms with Crippen molar-refractivity contribution in [1.82, 2.24) is 9.55 Å². The molecule has 33 heavy (non-hydrogen) atoms. The second-order valence-corrected chi connectivity index (χ2v) is 8.69. The lowest BCUT2D eigenvalue weighted by Crippen LogP contribution is -2.30. The second-order valence-electron chi connectivity index (χ2n) is 8.69. The molecule has 0 saturated heterocycles.